The van der Waals surface area contributed by atoms with Gasteiger partial charge < -0.3 is 10.1 Å². The Morgan fingerprint density at radius 3 is 2.57 bits per heavy atom. The summed E-state index contributed by atoms with van der Waals surface area (Å²) in [6.45, 7) is 8.62. The van der Waals surface area contributed by atoms with Gasteiger partial charge in [-0.15, -0.1) is 0 Å². The molecule has 8 heteroatoms. The Hall–Kier alpha value is -3.00. The molecule has 8 nitrogen and oxygen atoms in total. The van der Waals surface area contributed by atoms with E-state index in [0.717, 1.165) is 61.1 Å². The molecule has 1 aliphatic heterocycles. The van der Waals surface area contributed by atoms with E-state index >= 15 is 0 Å². The number of unbranched alkanes of at least 4 members (excludes halogenated alkanes) is 2. The van der Waals surface area contributed by atoms with E-state index in [1.165, 1.54) is 25.7 Å². The second-order valence-electron chi connectivity index (χ2n) is 11.6. The summed E-state index contributed by atoms with van der Waals surface area (Å²) in [6, 6.07) is 8.40. The number of carbonyl (C=O) groups is 1. The van der Waals surface area contributed by atoms with E-state index in [-0.39, 0.29) is 6.09 Å². The maximum absolute atomic E-state index is 11.8. The highest BCUT2D eigenvalue weighted by Crippen LogP contribution is 2.47. The summed E-state index contributed by atoms with van der Waals surface area (Å²) in [5, 5.41) is 7.57. The molecule has 3 heterocycles. The topological polar surface area (TPSA) is 85.2 Å². The number of nitrogens with zero attached hydrogens (tertiary/aromatic N) is 5. The third-order valence-electron chi connectivity index (χ3n) is 7.67. The summed E-state index contributed by atoms with van der Waals surface area (Å²) in [4.78, 5) is 23.8. The minimum atomic E-state index is -0.443. The second kappa shape index (κ2) is 10.8. The van der Waals surface area contributed by atoms with E-state index in [2.05, 4.69) is 26.1 Å². The number of amides is 1. The first-order valence-corrected chi connectivity index (χ1v) is 13.8. The van der Waals surface area contributed by atoms with E-state index in [0.29, 0.717) is 18.1 Å². The van der Waals surface area contributed by atoms with Gasteiger partial charge in [-0.05, 0) is 71.4 Å². The Balaban J connectivity index is 1.05. The van der Waals surface area contributed by atoms with Crippen molar-refractivity contribution in [2.75, 3.05) is 19.6 Å². The van der Waals surface area contributed by atoms with Gasteiger partial charge in [0, 0.05) is 36.9 Å². The molecular weight excluding hydrogens is 464 g/mol. The largest absolute Gasteiger partial charge is 0.444 e. The van der Waals surface area contributed by atoms with Gasteiger partial charge in [-0.3, -0.25) is 14.6 Å². The Morgan fingerprint density at radius 2 is 1.84 bits per heavy atom. The van der Waals surface area contributed by atoms with Gasteiger partial charge in [0.15, 0.2) is 0 Å². The van der Waals surface area contributed by atoms with Crippen molar-refractivity contribution in [1.82, 2.24) is 30.0 Å². The zero-order valence-corrected chi connectivity index (χ0v) is 22.4. The van der Waals surface area contributed by atoms with Crippen LogP contribution in [-0.4, -0.2) is 61.5 Å². The first-order chi connectivity index (χ1) is 17.8. The number of alkyl carbamates (subject to hydrolysis) is 1. The molecule has 5 rings (SSSR count). The van der Waals surface area contributed by atoms with E-state index in [9.17, 15) is 4.79 Å². The fourth-order valence-corrected chi connectivity index (χ4v) is 5.50. The van der Waals surface area contributed by atoms with Gasteiger partial charge in [-0.25, -0.2) is 9.78 Å². The number of ether oxygens (including phenoxy) is 1. The maximum Gasteiger partial charge on any atom is 0.407 e. The van der Waals surface area contributed by atoms with Crippen LogP contribution in [-0.2, 0) is 4.74 Å². The van der Waals surface area contributed by atoms with Crippen molar-refractivity contribution in [2.24, 2.45) is 0 Å². The van der Waals surface area contributed by atoms with Crippen LogP contribution in [0.5, 0.6) is 0 Å². The molecule has 3 aromatic rings. The second-order valence-corrected chi connectivity index (χ2v) is 11.6. The van der Waals surface area contributed by atoms with Crippen LogP contribution in [0, 0.1) is 0 Å². The van der Waals surface area contributed by atoms with Crippen molar-refractivity contribution in [3.05, 3.63) is 42.9 Å². The fraction of sp³-hybridized carbons (Fsp3) is 0.586. The predicted octanol–water partition coefficient (Wildman–Crippen LogP) is 5.75. The van der Waals surface area contributed by atoms with Crippen molar-refractivity contribution in [2.45, 2.75) is 89.3 Å². The molecule has 1 aromatic carbocycles. The Labute approximate surface area is 219 Å². The molecule has 1 saturated carbocycles. The summed E-state index contributed by atoms with van der Waals surface area (Å²) < 4.78 is 7.44. The van der Waals surface area contributed by atoms with Gasteiger partial charge in [-0.1, -0.05) is 25.0 Å². The Bertz CT molecular complexity index is 1200. The zero-order chi connectivity index (χ0) is 25.9. The minimum Gasteiger partial charge on any atom is -0.444 e. The fourth-order valence-electron chi connectivity index (χ4n) is 5.50. The summed E-state index contributed by atoms with van der Waals surface area (Å²) in [7, 11) is 0. The molecule has 1 amide bonds. The smallest absolute Gasteiger partial charge is 0.407 e. The van der Waals surface area contributed by atoms with Gasteiger partial charge in [0.2, 0.25) is 0 Å². The first kappa shape index (κ1) is 25.6. The number of nitrogens with one attached hydrogen (secondary N) is 1. The van der Waals surface area contributed by atoms with Crippen LogP contribution in [0.2, 0.25) is 0 Å². The molecule has 2 aliphatic rings. The quantitative estimate of drug-likeness (QED) is 0.374. The van der Waals surface area contributed by atoms with Gasteiger partial charge in [0.25, 0.3) is 0 Å². The average molecular weight is 505 g/mol. The third kappa shape index (κ3) is 6.47. The first-order valence-electron chi connectivity index (χ1n) is 13.8. The number of aromatic nitrogens is 4. The van der Waals surface area contributed by atoms with Crippen LogP contribution in [0.4, 0.5) is 4.79 Å². The number of hydrogen-bond acceptors (Lipinski definition) is 6. The van der Waals surface area contributed by atoms with E-state index in [4.69, 9.17) is 14.8 Å². The normalized spacial score (nSPS) is 18.1. The molecule has 1 saturated heterocycles. The van der Waals surface area contributed by atoms with E-state index in [1.807, 2.05) is 57.4 Å². The lowest BCUT2D eigenvalue weighted by Crippen LogP contribution is -2.43. The molecule has 1 N–H and O–H groups in total. The number of carbonyl (C=O) groups excluding carboxylic acids is 1. The van der Waals surface area contributed by atoms with Crippen LogP contribution in [0.25, 0.3) is 22.3 Å². The van der Waals surface area contributed by atoms with Crippen molar-refractivity contribution in [3.63, 3.8) is 0 Å². The zero-order valence-electron chi connectivity index (χ0n) is 22.4. The maximum atomic E-state index is 11.8. The molecule has 2 aromatic heterocycles. The molecule has 0 atom stereocenters. The molecule has 0 radical (unpaired) electrons. The summed E-state index contributed by atoms with van der Waals surface area (Å²) >= 11 is 0. The Morgan fingerprint density at radius 1 is 1.08 bits per heavy atom. The number of benzene rings is 1. The molecule has 0 bridgehead atoms. The van der Waals surface area contributed by atoms with Crippen LogP contribution in [0.3, 0.4) is 0 Å². The molecule has 0 spiro atoms. The molecule has 1 aliphatic carbocycles. The SMILES string of the molecule is CC(C)(C)OC(=O)NCCCCCC1(N2CCC(n3cc(-c4cnc5ccccc5n4)cn3)CC2)CC1. The molecule has 37 heavy (non-hydrogen) atoms. The van der Waals surface area contributed by atoms with Gasteiger partial charge in [0.05, 0.1) is 35.2 Å². The summed E-state index contributed by atoms with van der Waals surface area (Å²) in [5.74, 6) is 0. The summed E-state index contributed by atoms with van der Waals surface area (Å²) in [5.41, 5.74) is 3.70. The standard InChI is InChI=1S/C29H40N6O2/c1-28(2,3)37-27(36)30-16-8-4-7-13-29(14-15-29)34-17-11-23(12-18-34)35-21-22(19-32-35)26-20-31-24-9-5-6-10-25(24)33-26/h5-6,9-10,19-21,23H,4,7-8,11-18H2,1-3H3,(H,30,36). The highest BCUT2D eigenvalue weighted by Gasteiger charge is 2.47. The Kier molecular flexibility index (Phi) is 7.47. The number of piperidine rings is 1. The predicted molar refractivity (Wildman–Crippen MR) is 145 cm³/mol. The minimum absolute atomic E-state index is 0.316. The van der Waals surface area contributed by atoms with Crippen LogP contribution in [0.15, 0.2) is 42.9 Å². The van der Waals surface area contributed by atoms with E-state index < -0.39 is 5.60 Å². The van der Waals surface area contributed by atoms with Crippen LogP contribution >= 0.6 is 0 Å². The molecule has 198 valence electrons. The van der Waals surface area contributed by atoms with Gasteiger partial charge in [-0.2, -0.15) is 5.10 Å². The lowest BCUT2D eigenvalue weighted by Gasteiger charge is -2.38. The van der Waals surface area contributed by atoms with Crippen molar-refractivity contribution < 1.29 is 9.53 Å². The third-order valence-corrected chi connectivity index (χ3v) is 7.67. The number of para-hydroxylation sites is 2. The summed E-state index contributed by atoms with van der Waals surface area (Å²) in [6.07, 6.45) is 15.1. The van der Waals surface area contributed by atoms with Crippen LogP contribution < -0.4 is 5.32 Å². The van der Waals surface area contributed by atoms with E-state index in [1.54, 1.807) is 0 Å². The molecular formula is C29H40N6O2. The van der Waals surface area contributed by atoms with Gasteiger partial charge >= 0.3 is 6.09 Å². The van der Waals surface area contributed by atoms with Crippen molar-refractivity contribution in [3.8, 4) is 11.3 Å². The average Bonchev–Trinajstić information content (AvgIpc) is 3.50. The van der Waals surface area contributed by atoms with Crippen molar-refractivity contribution >= 4 is 17.1 Å². The van der Waals surface area contributed by atoms with Crippen molar-refractivity contribution in [1.29, 1.82) is 0 Å². The van der Waals surface area contributed by atoms with Gasteiger partial charge in [0.1, 0.15) is 5.60 Å². The number of fused-ring (bicyclic) bond motifs is 1. The lowest BCUT2D eigenvalue weighted by atomic mass is 9.98. The number of hydrogen-bond donors (Lipinski definition) is 1. The highest BCUT2D eigenvalue weighted by atomic mass is 16.6. The van der Waals surface area contributed by atoms with Crippen LogP contribution in [0.1, 0.15) is 78.2 Å². The lowest BCUT2D eigenvalue weighted by molar-refractivity contribution is 0.0526. The highest BCUT2D eigenvalue weighted by molar-refractivity contribution is 5.76. The number of likely N-dealkylation sites (tertiary alicyclic amines) is 1. The molecule has 2 fully saturated rings. The monoisotopic (exact) mass is 504 g/mol. The molecule has 0 unspecified atom stereocenters. The number of rotatable bonds is 9.